The zero-order chi connectivity index (χ0) is 13.9. The fourth-order valence-electron chi connectivity index (χ4n) is 2.17. The van der Waals surface area contributed by atoms with Gasteiger partial charge in [-0.15, -0.1) is 0 Å². The van der Waals surface area contributed by atoms with E-state index < -0.39 is 17.5 Å². The van der Waals surface area contributed by atoms with Gasteiger partial charge < -0.3 is 20.1 Å². The summed E-state index contributed by atoms with van der Waals surface area (Å²) in [5, 5.41) is 20.4. The van der Waals surface area contributed by atoms with Crippen LogP contribution in [0.4, 0.5) is 4.79 Å². The van der Waals surface area contributed by atoms with Crippen LogP contribution in [0.2, 0.25) is 0 Å². The van der Waals surface area contributed by atoms with Crippen molar-refractivity contribution in [1.29, 1.82) is 5.26 Å². The van der Waals surface area contributed by atoms with Crippen molar-refractivity contribution in [3.05, 3.63) is 0 Å². The van der Waals surface area contributed by atoms with E-state index >= 15 is 0 Å². The maximum atomic E-state index is 12.2. The molecule has 2 N–H and O–H groups in total. The molecule has 1 heterocycles. The van der Waals surface area contributed by atoms with Gasteiger partial charge in [0.15, 0.2) is 5.54 Å². The van der Waals surface area contributed by atoms with Gasteiger partial charge >= 0.3 is 12.0 Å². The lowest BCUT2D eigenvalue weighted by atomic mass is 9.99. The first-order valence-corrected chi connectivity index (χ1v) is 6.36. The van der Waals surface area contributed by atoms with Gasteiger partial charge in [-0.05, 0) is 12.8 Å². The fraction of sp³-hybridized carbons (Fsp3) is 0.750. The second-order valence-electron chi connectivity index (χ2n) is 4.95. The average molecular weight is 267 g/mol. The summed E-state index contributed by atoms with van der Waals surface area (Å²) in [5.41, 5.74) is -1.32. The lowest BCUT2D eigenvalue weighted by Crippen LogP contribution is -2.58. The highest BCUT2D eigenvalue weighted by molar-refractivity contribution is 5.87. The van der Waals surface area contributed by atoms with Crippen LogP contribution < -0.4 is 5.32 Å². The number of carboxylic acids is 1. The Balaban J connectivity index is 2.01. The summed E-state index contributed by atoms with van der Waals surface area (Å²) in [6.45, 7) is 0.655. The molecule has 0 aromatic carbocycles. The topological polar surface area (TPSA) is 103 Å². The third-order valence-electron chi connectivity index (χ3n) is 3.49. The molecule has 1 saturated heterocycles. The van der Waals surface area contributed by atoms with E-state index in [2.05, 4.69) is 5.32 Å². The quantitative estimate of drug-likeness (QED) is 0.746. The number of aliphatic carboxylic acids is 1. The van der Waals surface area contributed by atoms with E-state index in [1.807, 2.05) is 6.07 Å². The van der Waals surface area contributed by atoms with Crippen LogP contribution in [0.5, 0.6) is 0 Å². The van der Waals surface area contributed by atoms with Crippen LogP contribution in [0.1, 0.15) is 25.7 Å². The van der Waals surface area contributed by atoms with E-state index in [1.165, 1.54) is 0 Å². The Hall–Kier alpha value is -1.81. The Morgan fingerprint density at radius 2 is 2.26 bits per heavy atom. The average Bonchev–Trinajstić information content (AvgIpc) is 3.09. The highest BCUT2D eigenvalue weighted by Gasteiger charge is 2.45. The maximum Gasteiger partial charge on any atom is 0.332 e. The molecule has 7 heteroatoms. The third-order valence-corrected chi connectivity index (χ3v) is 3.49. The summed E-state index contributed by atoms with van der Waals surface area (Å²) in [6.07, 6.45) is 2.34. The Morgan fingerprint density at radius 1 is 1.53 bits per heavy atom. The number of nitrogens with one attached hydrogen (secondary N) is 1. The molecule has 1 aliphatic carbocycles. The molecular formula is C12H17N3O4. The van der Waals surface area contributed by atoms with Crippen LogP contribution in [-0.4, -0.2) is 53.3 Å². The number of amides is 2. The van der Waals surface area contributed by atoms with Crippen molar-refractivity contribution in [2.45, 2.75) is 37.3 Å². The van der Waals surface area contributed by atoms with E-state index in [1.54, 1.807) is 4.90 Å². The summed E-state index contributed by atoms with van der Waals surface area (Å²) in [5.74, 6) is -1.07. The second-order valence-corrected chi connectivity index (χ2v) is 4.95. The van der Waals surface area contributed by atoms with Gasteiger partial charge in [-0.1, -0.05) is 0 Å². The molecular weight excluding hydrogens is 250 g/mol. The fourth-order valence-corrected chi connectivity index (χ4v) is 2.17. The molecule has 0 bridgehead atoms. The lowest BCUT2D eigenvalue weighted by Gasteiger charge is -2.29. The number of carbonyl (C=O) groups excluding carboxylic acids is 1. The van der Waals surface area contributed by atoms with Crippen molar-refractivity contribution in [2.75, 3.05) is 19.8 Å². The molecule has 19 heavy (non-hydrogen) atoms. The van der Waals surface area contributed by atoms with E-state index in [9.17, 15) is 14.7 Å². The van der Waals surface area contributed by atoms with Crippen LogP contribution in [-0.2, 0) is 9.53 Å². The van der Waals surface area contributed by atoms with Gasteiger partial charge in [0, 0.05) is 25.6 Å². The molecule has 2 fully saturated rings. The molecule has 7 nitrogen and oxygen atoms in total. The largest absolute Gasteiger partial charge is 0.479 e. The number of nitrogens with zero attached hydrogens (tertiary/aromatic N) is 2. The number of nitriles is 1. The zero-order valence-electron chi connectivity index (χ0n) is 10.6. The molecule has 2 rings (SSSR count). The predicted molar refractivity (Wildman–Crippen MR) is 64.3 cm³/mol. The lowest BCUT2D eigenvalue weighted by molar-refractivity contribution is -0.144. The van der Waals surface area contributed by atoms with Crippen molar-refractivity contribution >= 4 is 12.0 Å². The first-order valence-electron chi connectivity index (χ1n) is 6.36. The second kappa shape index (κ2) is 5.45. The predicted octanol–water partition coefficient (Wildman–Crippen LogP) is 0.318. The van der Waals surface area contributed by atoms with Crippen LogP contribution >= 0.6 is 0 Å². The minimum atomic E-state index is -1.32. The van der Waals surface area contributed by atoms with Crippen LogP contribution in [0.3, 0.4) is 0 Å². The minimum absolute atomic E-state index is 0.00910. The van der Waals surface area contributed by atoms with Crippen molar-refractivity contribution in [2.24, 2.45) is 0 Å². The Bertz CT molecular complexity index is 408. The van der Waals surface area contributed by atoms with Gasteiger partial charge in [0.05, 0.1) is 19.1 Å². The Morgan fingerprint density at radius 3 is 2.74 bits per heavy atom. The van der Waals surface area contributed by atoms with Gasteiger partial charge in [0.25, 0.3) is 0 Å². The number of carboxylic acid groups (broad SMARTS) is 1. The molecule has 1 saturated carbocycles. The molecule has 2 aliphatic rings. The van der Waals surface area contributed by atoms with E-state index in [4.69, 9.17) is 10.00 Å². The van der Waals surface area contributed by atoms with Gasteiger partial charge in [-0.2, -0.15) is 5.26 Å². The van der Waals surface area contributed by atoms with E-state index in [0.717, 1.165) is 12.8 Å². The number of urea groups is 1. The highest BCUT2D eigenvalue weighted by Crippen LogP contribution is 2.28. The molecule has 1 aliphatic heterocycles. The summed E-state index contributed by atoms with van der Waals surface area (Å²) < 4.78 is 5.09. The van der Waals surface area contributed by atoms with E-state index in [-0.39, 0.29) is 25.5 Å². The van der Waals surface area contributed by atoms with E-state index in [0.29, 0.717) is 13.2 Å². The number of hydrogen-bond donors (Lipinski definition) is 2. The van der Waals surface area contributed by atoms with Crippen LogP contribution in [0.15, 0.2) is 0 Å². The van der Waals surface area contributed by atoms with Gasteiger partial charge in [-0.3, -0.25) is 0 Å². The zero-order valence-corrected chi connectivity index (χ0v) is 10.6. The first-order chi connectivity index (χ1) is 9.09. The number of rotatable bonds is 5. The summed E-state index contributed by atoms with van der Waals surface area (Å²) in [6, 6.07) is 1.73. The molecule has 0 radical (unpaired) electrons. The molecule has 104 valence electrons. The summed E-state index contributed by atoms with van der Waals surface area (Å²) in [4.78, 5) is 25.1. The van der Waals surface area contributed by atoms with Crippen molar-refractivity contribution in [3.8, 4) is 6.07 Å². The molecule has 2 amide bonds. The molecule has 0 aromatic heterocycles. The Labute approximate surface area is 111 Å². The first kappa shape index (κ1) is 13.6. The van der Waals surface area contributed by atoms with Crippen LogP contribution in [0, 0.1) is 11.3 Å². The molecule has 0 aromatic rings. The number of hydrogen-bond acceptors (Lipinski definition) is 4. The molecule has 1 unspecified atom stereocenters. The molecule has 1 atom stereocenters. The Kier molecular flexibility index (Phi) is 3.90. The normalized spacial score (nSPS) is 25.6. The van der Waals surface area contributed by atoms with Crippen LogP contribution in [0.25, 0.3) is 0 Å². The SMILES string of the molecule is N#CCCN(C(=O)NC1(C(=O)O)CCOC1)C1CC1. The number of carbonyl (C=O) groups is 2. The van der Waals surface area contributed by atoms with Gasteiger partial charge in [-0.25, -0.2) is 9.59 Å². The maximum absolute atomic E-state index is 12.2. The third kappa shape index (κ3) is 2.96. The number of ether oxygens (including phenoxy) is 1. The standard InChI is InChI=1S/C12H17N3O4/c13-5-1-6-15(9-2-3-9)11(18)14-12(10(16)17)4-7-19-8-12/h9H,1-4,6-8H2,(H,14,18)(H,16,17). The van der Waals surface area contributed by atoms with Crippen molar-refractivity contribution in [3.63, 3.8) is 0 Å². The van der Waals surface area contributed by atoms with Crippen molar-refractivity contribution in [1.82, 2.24) is 10.2 Å². The summed E-state index contributed by atoms with van der Waals surface area (Å²) >= 11 is 0. The molecule has 0 spiro atoms. The smallest absolute Gasteiger partial charge is 0.332 e. The highest BCUT2D eigenvalue weighted by atomic mass is 16.5. The van der Waals surface area contributed by atoms with Gasteiger partial charge in [0.2, 0.25) is 0 Å². The van der Waals surface area contributed by atoms with Crippen molar-refractivity contribution < 1.29 is 19.4 Å². The summed E-state index contributed by atoms with van der Waals surface area (Å²) in [7, 11) is 0. The minimum Gasteiger partial charge on any atom is -0.479 e. The van der Waals surface area contributed by atoms with Gasteiger partial charge in [0.1, 0.15) is 0 Å². The monoisotopic (exact) mass is 267 g/mol.